The number of ether oxygens (including phenoxy) is 1. The van der Waals surface area contributed by atoms with Crippen molar-refractivity contribution in [3.63, 3.8) is 0 Å². The van der Waals surface area contributed by atoms with Gasteiger partial charge in [0.1, 0.15) is 16.3 Å². The molecule has 0 bridgehead atoms. The van der Waals surface area contributed by atoms with Crippen LogP contribution in [-0.4, -0.2) is 18.0 Å². The third kappa shape index (κ3) is 3.42. The lowest BCUT2D eigenvalue weighted by Gasteiger charge is -2.29. The second kappa shape index (κ2) is 7.07. The van der Waals surface area contributed by atoms with Gasteiger partial charge in [0.05, 0.1) is 12.8 Å². The van der Waals surface area contributed by atoms with Gasteiger partial charge in [0.2, 0.25) is 5.91 Å². The molecule has 1 unspecified atom stereocenters. The molecule has 25 heavy (non-hydrogen) atoms. The molecule has 4 nitrogen and oxygen atoms in total. The Morgan fingerprint density at radius 2 is 1.80 bits per heavy atom. The first-order valence-electron chi connectivity index (χ1n) is 7.98. The molecule has 3 rings (SSSR count). The lowest BCUT2D eigenvalue weighted by Crippen LogP contribution is -2.43. The molecule has 0 saturated carbocycles. The van der Waals surface area contributed by atoms with Crippen molar-refractivity contribution >= 4 is 17.2 Å². The van der Waals surface area contributed by atoms with Gasteiger partial charge in [-0.2, -0.15) is 0 Å². The van der Waals surface area contributed by atoms with Crippen molar-refractivity contribution in [2.75, 3.05) is 7.11 Å². The van der Waals surface area contributed by atoms with Gasteiger partial charge in [-0.15, -0.1) is 11.3 Å². The fourth-order valence-electron chi connectivity index (χ4n) is 2.86. The molecule has 1 atom stereocenters. The van der Waals surface area contributed by atoms with E-state index in [1.807, 2.05) is 66.9 Å². The second-order valence-corrected chi connectivity index (χ2v) is 6.77. The van der Waals surface area contributed by atoms with Crippen LogP contribution < -0.4 is 10.1 Å². The number of thiazole rings is 1. The first-order valence-corrected chi connectivity index (χ1v) is 8.86. The van der Waals surface area contributed by atoms with Crippen molar-refractivity contribution in [2.45, 2.75) is 19.4 Å². The van der Waals surface area contributed by atoms with Crippen molar-refractivity contribution in [3.8, 4) is 17.0 Å². The van der Waals surface area contributed by atoms with Crippen LogP contribution in [0.5, 0.6) is 5.75 Å². The molecular formula is C20H20N2O2S. The standard InChI is InChI=1S/C20H20N2O2S/c1-14(23)22-20(2,15-9-5-4-6-10-15)19-21-17(13-25-19)16-11-7-8-12-18(16)24-3/h4-13H,1-3H3,(H,22,23). The maximum atomic E-state index is 11.8. The van der Waals surface area contributed by atoms with Crippen molar-refractivity contribution < 1.29 is 9.53 Å². The molecule has 1 aromatic heterocycles. The van der Waals surface area contributed by atoms with Gasteiger partial charge in [-0.25, -0.2) is 4.98 Å². The molecule has 2 aromatic carbocycles. The van der Waals surface area contributed by atoms with Gasteiger partial charge < -0.3 is 10.1 Å². The van der Waals surface area contributed by atoms with Gasteiger partial charge in [0.15, 0.2) is 0 Å². The fourth-order valence-corrected chi connectivity index (χ4v) is 3.81. The summed E-state index contributed by atoms with van der Waals surface area (Å²) < 4.78 is 5.44. The zero-order chi connectivity index (χ0) is 17.9. The van der Waals surface area contributed by atoms with Crippen LogP contribution in [0.1, 0.15) is 24.4 Å². The summed E-state index contributed by atoms with van der Waals surface area (Å²) in [7, 11) is 1.65. The van der Waals surface area contributed by atoms with Gasteiger partial charge in [-0.05, 0) is 24.6 Å². The quantitative estimate of drug-likeness (QED) is 0.748. The molecule has 0 spiro atoms. The minimum Gasteiger partial charge on any atom is -0.496 e. The summed E-state index contributed by atoms with van der Waals surface area (Å²) in [6, 6.07) is 17.7. The second-order valence-electron chi connectivity index (χ2n) is 5.91. The monoisotopic (exact) mass is 352 g/mol. The number of methoxy groups -OCH3 is 1. The van der Waals surface area contributed by atoms with Crippen LogP contribution in [0.15, 0.2) is 60.0 Å². The third-order valence-electron chi connectivity index (χ3n) is 4.09. The molecule has 0 saturated heterocycles. The molecule has 0 aliphatic carbocycles. The molecule has 0 radical (unpaired) electrons. The van der Waals surface area contributed by atoms with Gasteiger partial charge in [-0.1, -0.05) is 42.5 Å². The Kier molecular flexibility index (Phi) is 4.86. The molecule has 1 heterocycles. The van der Waals surface area contributed by atoms with E-state index in [1.54, 1.807) is 7.11 Å². The number of hydrogen-bond donors (Lipinski definition) is 1. The number of para-hydroxylation sites is 1. The summed E-state index contributed by atoms with van der Waals surface area (Å²) in [6.07, 6.45) is 0. The van der Waals surface area contributed by atoms with Crippen molar-refractivity contribution in [1.29, 1.82) is 0 Å². The summed E-state index contributed by atoms with van der Waals surface area (Å²) >= 11 is 1.53. The molecule has 1 amide bonds. The van der Waals surface area contributed by atoms with E-state index >= 15 is 0 Å². The highest BCUT2D eigenvalue weighted by molar-refractivity contribution is 7.10. The highest BCUT2D eigenvalue weighted by atomic mass is 32.1. The van der Waals surface area contributed by atoms with Crippen molar-refractivity contribution in [1.82, 2.24) is 10.3 Å². The first-order chi connectivity index (χ1) is 12.0. The summed E-state index contributed by atoms with van der Waals surface area (Å²) in [6.45, 7) is 3.50. The SMILES string of the molecule is COc1ccccc1-c1csc(C(C)(NC(C)=O)c2ccccc2)n1. The molecule has 5 heteroatoms. The van der Waals surface area contributed by atoms with Crippen LogP contribution >= 0.6 is 11.3 Å². The fraction of sp³-hybridized carbons (Fsp3) is 0.200. The predicted molar refractivity (Wildman–Crippen MR) is 101 cm³/mol. The van der Waals surface area contributed by atoms with Crippen LogP contribution in [0.2, 0.25) is 0 Å². The number of nitrogens with zero attached hydrogens (tertiary/aromatic N) is 1. The average Bonchev–Trinajstić information content (AvgIpc) is 3.12. The number of nitrogens with one attached hydrogen (secondary N) is 1. The number of carbonyl (C=O) groups is 1. The Bertz CT molecular complexity index is 876. The largest absolute Gasteiger partial charge is 0.496 e. The van der Waals surface area contributed by atoms with Gasteiger partial charge in [-0.3, -0.25) is 4.79 Å². The summed E-state index contributed by atoms with van der Waals surface area (Å²) in [5.41, 5.74) is 2.08. The molecule has 1 N–H and O–H groups in total. The maximum Gasteiger partial charge on any atom is 0.217 e. The van der Waals surface area contributed by atoms with E-state index in [1.165, 1.54) is 18.3 Å². The first kappa shape index (κ1) is 17.2. The number of hydrogen-bond acceptors (Lipinski definition) is 4. The summed E-state index contributed by atoms with van der Waals surface area (Å²) in [4.78, 5) is 16.6. The van der Waals surface area contributed by atoms with Crippen LogP contribution in [0.4, 0.5) is 0 Å². The lowest BCUT2D eigenvalue weighted by atomic mass is 9.92. The third-order valence-corrected chi connectivity index (χ3v) is 5.16. The lowest BCUT2D eigenvalue weighted by molar-refractivity contribution is -0.120. The van der Waals surface area contributed by atoms with Gasteiger partial charge >= 0.3 is 0 Å². The van der Waals surface area contributed by atoms with E-state index in [9.17, 15) is 4.79 Å². The van der Waals surface area contributed by atoms with Crippen molar-refractivity contribution in [3.05, 3.63) is 70.5 Å². The normalized spacial score (nSPS) is 13.1. The zero-order valence-corrected chi connectivity index (χ0v) is 15.3. The maximum absolute atomic E-state index is 11.8. The number of carbonyl (C=O) groups excluding carboxylic acids is 1. The molecule has 3 aromatic rings. The molecule has 0 aliphatic heterocycles. The Morgan fingerprint density at radius 1 is 1.12 bits per heavy atom. The van der Waals surface area contributed by atoms with E-state index in [4.69, 9.17) is 9.72 Å². The average molecular weight is 352 g/mol. The number of rotatable bonds is 5. The minimum atomic E-state index is -0.683. The number of aromatic nitrogens is 1. The van der Waals surface area contributed by atoms with E-state index < -0.39 is 5.54 Å². The van der Waals surface area contributed by atoms with Crippen LogP contribution in [0.25, 0.3) is 11.3 Å². The smallest absolute Gasteiger partial charge is 0.217 e. The van der Waals surface area contributed by atoms with E-state index in [-0.39, 0.29) is 5.91 Å². The summed E-state index contributed by atoms with van der Waals surface area (Å²) in [5.74, 6) is 0.681. The van der Waals surface area contributed by atoms with Crippen molar-refractivity contribution in [2.24, 2.45) is 0 Å². The highest BCUT2D eigenvalue weighted by Gasteiger charge is 2.33. The molecule has 0 fully saturated rings. The topological polar surface area (TPSA) is 51.2 Å². The van der Waals surface area contributed by atoms with Gasteiger partial charge in [0.25, 0.3) is 0 Å². The van der Waals surface area contributed by atoms with Gasteiger partial charge in [0, 0.05) is 17.9 Å². The Labute approximate surface area is 151 Å². The molecule has 128 valence electrons. The Balaban J connectivity index is 2.07. The van der Waals surface area contributed by atoms with Crippen LogP contribution in [-0.2, 0) is 10.3 Å². The zero-order valence-electron chi connectivity index (χ0n) is 14.4. The number of amides is 1. The van der Waals surface area contributed by atoms with Crippen LogP contribution in [0, 0.1) is 0 Å². The van der Waals surface area contributed by atoms with E-state index in [0.29, 0.717) is 0 Å². The van der Waals surface area contributed by atoms with E-state index in [0.717, 1.165) is 27.6 Å². The molecule has 0 aliphatic rings. The Morgan fingerprint density at radius 3 is 2.48 bits per heavy atom. The Hall–Kier alpha value is -2.66. The van der Waals surface area contributed by atoms with Crippen LogP contribution in [0.3, 0.4) is 0 Å². The predicted octanol–water partition coefficient (Wildman–Crippen LogP) is 4.22. The molecular weight excluding hydrogens is 332 g/mol. The minimum absolute atomic E-state index is 0.0969. The summed E-state index contributed by atoms with van der Waals surface area (Å²) in [5, 5.41) is 5.88. The number of benzene rings is 2. The van der Waals surface area contributed by atoms with E-state index in [2.05, 4.69) is 5.32 Å². The highest BCUT2D eigenvalue weighted by Crippen LogP contribution is 2.36.